The molecule has 0 spiro atoms. The Bertz CT molecular complexity index is 944. The van der Waals surface area contributed by atoms with Gasteiger partial charge in [-0.05, 0) is 46.8 Å². The molecule has 1 aliphatic heterocycles. The van der Waals surface area contributed by atoms with Crippen LogP contribution in [0.4, 0.5) is 5.69 Å². The molecule has 0 N–H and O–H groups in total. The van der Waals surface area contributed by atoms with Crippen molar-refractivity contribution in [3.8, 4) is 5.75 Å². The summed E-state index contributed by atoms with van der Waals surface area (Å²) >= 11 is 1.79. The first kappa shape index (κ1) is 19.5. The maximum Gasteiger partial charge on any atom is 0.174 e. The van der Waals surface area contributed by atoms with Gasteiger partial charge in [-0.15, -0.1) is 16.4 Å². The molecule has 2 fully saturated rings. The van der Waals surface area contributed by atoms with Crippen molar-refractivity contribution in [3.63, 3.8) is 0 Å². The third-order valence-corrected chi connectivity index (χ3v) is 7.28. The Kier molecular flexibility index (Phi) is 5.68. The van der Waals surface area contributed by atoms with Crippen molar-refractivity contribution in [2.45, 2.75) is 37.8 Å². The molecule has 1 atom stereocenters. The van der Waals surface area contributed by atoms with Crippen LogP contribution in [0.25, 0.3) is 0 Å². The van der Waals surface area contributed by atoms with E-state index in [0.29, 0.717) is 6.04 Å². The molecule has 0 unspecified atom stereocenters. The predicted molar refractivity (Wildman–Crippen MR) is 118 cm³/mol. The number of rotatable bonds is 6. The first-order valence-corrected chi connectivity index (χ1v) is 11.7. The number of para-hydroxylation sites is 2. The van der Waals surface area contributed by atoms with Crippen LogP contribution in [-0.4, -0.2) is 58.4 Å². The summed E-state index contributed by atoms with van der Waals surface area (Å²) in [4.78, 5) is 6.27. The van der Waals surface area contributed by atoms with Crippen LogP contribution in [0.3, 0.4) is 0 Å². The first-order chi connectivity index (χ1) is 14.8. The van der Waals surface area contributed by atoms with Gasteiger partial charge >= 0.3 is 0 Å². The normalized spacial score (nSPS) is 19.3. The van der Waals surface area contributed by atoms with Gasteiger partial charge in [-0.1, -0.05) is 31.0 Å². The number of aromatic nitrogens is 4. The van der Waals surface area contributed by atoms with E-state index in [2.05, 4.69) is 59.7 Å². The quantitative estimate of drug-likeness (QED) is 0.600. The lowest BCUT2D eigenvalue weighted by molar-refractivity contribution is 0.200. The molecule has 1 aromatic carbocycles. The highest BCUT2D eigenvalue weighted by Gasteiger charge is 2.33. The number of piperazine rings is 1. The van der Waals surface area contributed by atoms with E-state index < -0.39 is 0 Å². The highest BCUT2D eigenvalue weighted by Crippen LogP contribution is 2.36. The third-order valence-electron chi connectivity index (χ3n) is 6.35. The minimum absolute atomic E-state index is 0.111. The lowest BCUT2D eigenvalue weighted by Gasteiger charge is -2.40. The number of thiophene rings is 1. The fourth-order valence-electron chi connectivity index (χ4n) is 4.82. The summed E-state index contributed by atoms with van der Waals surface area (Å²) in [5, 5.41) is 15.2. The number of ether oxygens (including phenoxy) is 1. The molecule has 3 aromatic rings. The predicted octanol–water partition coefficient (Wildman–Crippen LogP) is 3.77. The van der Waals surface area contributed by atoms with Gasteiger partial charge in [0.05, 0.1) is 18.8 Å². The third kappa shape index (κ3) is 3.70. The van der Waals surface area contributed by atoms with E-state index in [0.717, 1.165) is 37.8 Å². The number of tetrazole rings is 1. The Morgan fingerprint density at radius 2 is 1.83 bits per heavy atom. The van der Waals surface area contributed by atoms with Crippen LogP contribution >= 0.6 is 11.3 Å². The monoisotopic (exact) mass is 424 g/mol. The second-order valence-corrected chi connectivity index (χ2v) is 9.01. The standard InChI is InChI=1S/C22H28N6OS/c1-29-19-10-5-4-9-18(19)26-12-14-27(15-13-26)21(20-11-6-16-30-20)22-23-24-25-28(22)17-7-2-3-8-17/h4-6,9-11,16-17,21H,2-3,7-8,12-15H2,1H3/t21-/m0/s1. The van der Waals surface area contributed by atoms with Crippen LogP contribution in [0.15, 0.2) is 41.8 Å². The summed E-state index contributed by atoms with van der Waals surface area (Å²) in [5.41, 5.74) is 1.17. The van der Waals surface area contributed by atoms with E-state index in [1.807, 2.05) is 12.1 Å². The van der Waals surface area contributed by atoms with Crippen molar-refractivity contribution in [1.82, 2.24) is 25.1 Å². The summed E-state index contributed by atoms with van der Waals surface area (Å²) in [6.07, 6.45) is 4.89. The van der Waals surface area contributed by atoms with Crippen LogP contribution in [-0.2, 0) is 0 Å². The first-order valence-electron chi connectivity index (χ1n) is 10.8. The van der Waals surface area contributed by atoms with Crippen LogP contribution in [0, 0.1) is 0 Å². The highest BCUT2D eigenvalue weighted by atomic mass is 32.1. The van der Waals surface area contributed by atoms with Gasteiger partial charge in [-0.2, -0.15) is 0 Å². The van der Waals surface area contributed by atoms with Crippen molar-refractivity contribution in [2.75, 3.05) is 38.2 Å². The Labute approximate surface area is 181 Å². The molecule has 8 heteroatoms. The van der Waals surface area contributed by atoms with Gasteiger partial charge in [-0.3, -0.25) is 4.90 Å². The Morgan fingerprint density at radius 1 is 1.03 bits per heavy atom. The van der Waals surface area contributed by atoms with Crippen LogP contribution < -0.4 is 9.64 Å². The van der Waals surface area contributed by atoms with E-state index in [1.165, 1.54) is 36.2 Å². The fraction of sp³-hybridized carbons (Fsp3) is 0.500. The zero-order valence-corrected chi connectivity index (χ0v) is 18.2. The molecule has 158 valence electrons. The van der Waals surface area contributed by atoms with Crippen molar-refractivity contribution in [1.29, 1.82) is 0 Å². The van der Waals surface area contributed by atoms with Crippen molar-refractivity contribution in [3.05, 3.63) is 52.5 Å². The maximum atomic E-state index is 5.58. The second kappa shape index (κ2) is 8.73. The molecular formula is C22H28N6OS. The van der Waals surface area contributed by atoms with Gasteiger partial charge in [0.25, 0.3) is 0 Å². The van der Waals surface area contributed by atoms with Crippen LogP contribution in [0.1, 0.15) is 48.5 Å². The Balaban J connectivity index is 1.39. The van der Waals surface area contributed by atoms with Crippen molar-refractivity contribution in [2.24, 2.45) is 0 Å². The average molecular weight is 425 g/mol. The molecule has 0 amide bonds. The molecule has 30 heavy (non-hydrogen) atoms. The number of hydrogen-bond acceptors (Lipinski definition) is 7. The fourth-order valence-corrected chi connectivity index (χ4v) is 5.67. The molecule has 3 heterocycles. The van der Waals surface area contributed by atoms with E-state index >= 15 is 0 Å². The van der Waals surface area contributed by atoms with Crippen LogP contribution in [0.2, 0.25) is 0 Å². The van der Waals surface area contributed by atoms with Gasteiger partial charge in [0.15, 0.2) is 5.82 Å². The highest BCUT2D eigenvalue weighted by molar-refractivity contribution is 7.10. The zero-order valence-electron chi connectivity index (χ0n) is 17.4. The molecule has 2 aromatic heterocycles. The van der Waals surface area contributed by atoms with Crippen molar-refractivity contribution < 1.29 is 4.74 Å². The van der Waals surface area contributed by atoms with Crippen molar-refractivity contribution >= 4 is 17.0 Å². The zero-order chi connectivity index (χ0) is 20.3. The minimum atomic E-state index is 0.111. The molecule has 1 aliphatic carbocycles. The number of hydrogen-bond donors (Lipinski definition) is 0. The summed E-state index contributed by atoms with van der Waals surface area (Å²) in [6, 6.07) is 13.2. The summed E-state index contributed by atoms with van der Waals surface area (Å²) in [5.74, 6) is 1.93. The number of benzene rings is 1. The Morgan fingerprint density at radius 3 is 2.57 bits per heavy atom. The van der Waals surface area contributed by atoms with Gasteiger partial charge in [0.1, 0.15) is 11.8 Å². The largest absolute Gasteiger partial charge is 0.495 e. The lowest BCUT2D eigenvalue weighted by Crippen LogP contribution is -2.48. The Hall–Kier alpha value is -2.45. The SMILES string of the molecule is COc1ccccc1N1CCN([C@@H](c2cccs2)c2nnnn2C2CCCC2)CC1. The van der Waals surface area contributed by atoms with E-state index in [4.69, 9.17) is 4.74 Å². The minimum Gasteiger partial charge on any atom is -0.495 e. The van der Waals surface area contributed by atoms with Crippen LogP contribution in [0.5, 0.6) is 5.75 Å². The van der Waals surface area contributed by atoms with Gasteiger partial charge in [-0.25, -0.2) is 4.68 Å². The van der Waals surface area contributed by atoms with Gasteiger partial charge < -0.3 is 9.64 Å². The number of nitrogens with zero attached hydrogens (tertiary/aromatic N) is 6. The molecular weight excluding hydrogens is 396 g/mol. The van der Waals surface area contributed by atoms with E-state index in [-0.39, 0.29) is 6.04 Å². The lowest BCUT2D eigenvalue weighted by atomic mass is 10.1. The summed E-state index contributed by atoms with van der Waals surface area (Å²) in [6.45, 7) is 3.82. The number of methoxy groups -OCH3 is 1. The maximum absolute atomic E-state index is 5.58. The van der Waals surface area contributed by atoms with Gasteiger partial charge in [0.2, 0.25) is 0 Å². The topological polar surface area (TPSA) is 59.3 Å². The molecule has 5 rings (SSSR count). The number of anilines is 1. The average Bonchev–Trinajstić information content (AvgIpc) is 3.57. The second-order valence-electron chi connectivity index (χ2n) is 8.03. The summed E-state index contributed by atoms with van der Waals surface area (Å²) < 4.78 is 7.69. The molecule has 2 aliphatic rings. The van der Waals surface area contributed by atoms with E-state index in [9.17, 15) is 0 Å². The summed E-state index contributed by atoms with van der Waals surface area (Å²) in [7, 11) is 1.74. The molecule has 1 saturated heterocycles. The van der Waals surface area contributed by atoms with E-state index in [1.54, 1.807) is 18.4 Å². The molecule has 0 bridgehead atoms. The molecule has 7 nitrogen and oxygen atoms in total. The smallest absolute Gasteiger partial charge is 0.174 e. The molecule has 1 saturated carbocycles. The molecule has 0 radical (unpaired) electrons. The van der Waals surface area contributed by atoms with Gasteiger partial charge in [0, 0.05) is 31.1 Å².